The zero-order chi connectivity index (χ0) is 17.0. The number of hydrogen-bond donors (Lipinski definition) is 0. The number of benzene rings is 2. The molecule has 2 aromatic rings. The van der Waals surface area contributed by atoms with Crippen molar-refractivity contribution in [2.75, 3.05) is 20.1 Å². The van der Waals surface area contributed by atoms with E-state index in [1.54, 1.807) is 0 Å². The van der Waals surface area contributed by atoms with E-state index in [-0.39, 0.29) is 0 Å². The molecule has 1 aliphatic rings. The third-order valence-corrected chi connectivity index (χ3v) is 4.83. The van der Waals surface area contributed by atoms with Gasteiger partial charge in [0.15, 0.2) is 0 Å². The van der Waals surface area contributed by atoms with Gasteiger partial charge in [0.1, 0.15) is 12.4 Å². The summed E-state index contributed by atoms with van der Waals surface area (Å²) in [6, 6.07) is 16.6. The molecule has 3 nitrogen and oxygen atoms in total. The fourth-order valence-electron chi connectivity index (χ4n) is 3.03. The molecule has 0 saturated carbocycles. The van der Waals surface area contributed by atoms with Crippen molar-refractivity contribution >= 4 is 12.0 Å². The van der Waals surface area contributed by atoms with E-state index in [4.69, 9.17) is 4.74 Å². The van der Waals surface area contributed by atoms with Gasteiger partial charge in [-0.1, -0.05) is 48.5 Å². The van der Waals surface area contributed by atoms with Crippen molar-refractivity contribution < 1.29 is 14.0 Å². The third-order valence-electron chi connectivity index (χ3n) is 4.83. The normalized spacial score (nSPS) is 17.2. The zero-order valence-corrected chi connectivity index (χ0v) is 14.4. The molecule has 1 amide bonds. The Balaban J connectivity index is 1.99. The molecule has 3 heteroatoms. The largest absolute Gasteiger partial charge is 0.488 e. The fraction of sp³-hybridized carbons (Fsp3) is 0.286. The molecule has 0 aliphatic carbocycles. The summed E-state index contributed by atoms with van der Waals surface area (Å²) < 4.78 is 6.43. The summed E-state index contributed by atoms with van der Waals surface area (Å²) in [6.45, 7) is 4.24. The second-order valence-corrected chi connectivity index (χ2v) is 6.47. The van der Waals surface area contributed by atoms with Crippen LogP contribution in [0.15, 0.2) is 54.6 Å². The molecule has 0 bridgehead atoms. The van der Waals surface area contributed by atoms with Gasteiger partial charge in [0.2, 0.25) is 0 Å². The monoisotopic (exact) mass is 322 g/mol. The van der Waals surface area contributed by atoms with Gasteiger partial charge >= 0.3 is 6.41 Å². The zero-order valence-electron chi connectivity index (χ0n) is 14.4. The van der Waals surface area contributed by atoms with Crippen LogP contribution < -0.4 is 4.74 Å². The van der Waals surface area contributed by atoms with Crippen LogP contribution >= 0.6 is 0 Å². The van der Waals surface area contributed by atoms with Crippen LogP contribution in [0.5, 0.6) is 5.75 Å². The van der Waals surface area contributed by atoms with E-state index < -0.39 is 0 Å². The molecule has 0 N–H and O–H groups in total. The molecule has 0 aromatic heterocycles. The van der Waals surface area contributed by atoms with Gasteiger partial charge in [-0.3, -0.25) is 4.48 Å². The topological polar surface area (TPSA) is 26.3 Å². The lowest BCUT2D eigenvalue weighted by molar-refractivity contribution is -0.823. The lowest BCUT2D eigenvalue weighted by Crippen LogP contribution is -2.42. The van der Waals surface area contributed by atoms with E-state index >= 15 is 0 Å². The minimum absolute atomic E-state index is 0.434. The van der Waals surface area contributed by atoms with Crippen molar-refractivity contribution in [1.82, 2.24) is 0 Å². The highest BCUT2D eigenvalue weighted by Gasteiger charge is 2.20. The fourth-order valence-corrected chi connectivity index (χ4v) is 3.03. The summed E-state index contributed by atoms with van der Waals surface area (Å²) in [4.78, 5) is 11.3. The number of hydrogen-bond acceptors (Lipinski definition) is 2. The number of amides is 1. The molecule has 1 unspecified atom stereocenters. The summed E-state index contributed by atoms with van der Waals surface area (Å²) in [6.07, 6.45) is 4.14. The predicted molar refractivity (Wildman–Crippen MR) is 96.6 cm³/mol. The number of nitrogens with zero attached hydrogens (tertiary/aromatic N) is 1. The van der Waals surface area contributed by atoms with Gasteiger partial charge < -0.3 is 4.74 Å². The van der Waals surface area contributed by atoms with E-state index in [1.165, 1.54) is 16.7 Å². The van der Waals surface area contributed by atoms with E-state index in [0.29, 0.717) is 11.1 Å². The molecular formula is C21H24NO2+. The average molecular weight is 322 g/mol. The highest BCUT2D eigenvalue weighted by molar-refractivity contribution is 5.84. The maximum atomic E-state index is 11.3. The Bertz CT molecular complexity index is 716. The lowest BCUT2D eigenvalue weighted by Gasteiger charge is -2.24. The number of fused-ring (bicyclic) bond motifs is 2. The minimum atomic E-state index is 0.434. The quantitative estimate of drug-likeness (QED) is 0.614. The summed E-state index contributed by atoms with van der Waals surface area (Å²) in [5.41, 5.74) is 4.74. The molecule has 0 spiro atoms. The Morgan fingerprint density at radius 2 is 1.79 bits per heavy atom. The first-order valence-electron chi connectivity index (χ1n) is 8.48. The van der Waals surface area contributed by atoms with Crippen LogP contribution in [0.25, 0.3) is 5.57 Å². The molecule has 3 rings (SSSR count). The minimum Gasteiger partial charge on any atom is -0.488 e. The van der Waals surface area contributed by atoms with Gasteiger partial charge in [0.25, 0.3) is 0 Å². The average Bonchev–Trinajstić information content (AvgIpc) is 2.79. The Hall–Kier alpha value is -2.39. The standard InChI is InChI=1S/C21H24NO2/c1-3-22(2,16-23)14-8-12-19-18-10-5-4-9-17(18)15-24-21-13-7-6-11-20(19)21/h4-7,9-13,16H,3,8,14-15H2,1-2H3/q+1. The summed E-state index contributed by atoms with van der Waals surface area (Å²) in [5, 5.41) is 0. The van der Waals surface area contributed by atoms with Gasteiger partial charge in [0.05, 0.1) is 20.1 Å². The highest BCUT2D eigenvalue weighted by Crippen LogP contribution is 2.36. The maximum Gasteiger partial charge on any atom is 0.301 e. The van der Waals surface area contributed by atoms with Crippen molar-refractivity contribution in [2.45, 2.75) is 20.0 Å². The van der Waals surface area contributed by atoms with Gasteiger partial charge in [-0.15, -0.1) is 0 Å². The number of rotatable bonds is 5. The van der Waals surface area contributed by atoms with E-state index in [9.17, 15) is 4.79 Å². The van der Waals surface area contributed by atoms with Crippen molar-refractivity contribution in [3.8, 4) is 5.75 Å². The highest BCUT2D eigenvalue weighted by atomic mass is 16.5. The van der Waals surface area contributed by atoms with Crippen LogP contribution in [0.3, 0.4) is 0 Å². The molecule has 1 aliphatic heterocycles. The lowest BCUT2D eigenvalue weighted by atomic mass is 9.93. The molecular weight excluding hydrogens is 298 g/mol. The molecule has 124 valence electrons. The van der Waals surface area contributed by atoms with Crippen molar-refractivity contribution in [3.05, 3.63) is 71.3 Å². The first kappa shape index (κ1) is 16.5. The molecule has 2 aromatic carbocycles. The van der Waals surface area contributed by atoms with Gasteiger partial charge in [0, 0.05) is 12.0 Å². The van der Waals surface area contributed by atoms with E-state index in [1.807, 2.05) is 38.2 Å². The Labute approximate surface area is 143 Å². The van der Waals surface area contributed by atoms with E-state index in [0.717, 1.165) is 37.2 Å². The first-order chi connectivity index (χ1) is 11.7. The molecule has 24 heavy (non-hydrogen) atoms. The van der Waals surface area contributed by atoms with Crippen LogP contribution in [0.2, 0.25) is 0 Å². The van der Waals surface area contributed by atoms with E-state index in [2.05, 4.69) is 30.3 Å². The second kappa shape index (κ2) is 7.02. The molecule has 0 saturated heterocycles. The second-order valence-electron chi connectivity index (χ2n) is 6.47. The van der Waals surface area contributed by atoms with Crippen molar-refractivity contribution in [3.63, 3.8) is 0 Å². The molecule has 0 radical (unpaired) electrons. The Morgan fingerprint density at radius 1 is 1.08 bits per heavy atom. The smallest absolute Gasteiger partial charge is 0.301 e. The molecule has 1 atom stereocenters. The number of para-hydroxylation sites is 1. The van der Waals surface area contributed by atoms with Crippen LogP contribution in [0.4, 0.5) is 0 Å². The SMILES string of the molecule is CC[N+](C)(C=O)CCC=C1c2ccccc2COc2ccccc21. The first-order valence-corrected chi connectivity index (χ1v) is 8.48. The summed E-state index contributed by atoms with van der Waals surface area (Å²) in [7, 11) is 1.98. The molecule has 1 heterocycles. The van der Waals surface area contributed by atoms with Crippen LogP contribution in [0, 0.1) is 0 Å². The van der Waals surface area contributed by atoms with Crippen LogP contribution in [-0.4, -0.2) is 31.0 Å². The van der Waals surface area contributed by atoms with Gasteiger partial charge in [-0.05, 0) is 29.7 Å². The molecule has 0 fully saturated rings. The maximum absolute atomic E-state index is 11.3. The Kier molecular flexibility index (Phi) is 4.81. The van der Waals surface area contributed by atoms with Gasteiger partial charge in [-0.25, -0.2) is 4.79 Å². The van der Waals surface area contributed by atoms with Crippen LogP contribution in [0.1, 0.15) is 30.0 Å². The Morgan fingerprint density at radius 3 is 2.54 bits per heavy atom. The number of carbonyl (C=O) groups is 1. The number of carbonyl (C=O) groups excluding carboxylic acids is 1. The summed E-state index contributed by atoms with van der Waals surface area (Å²) in [5.74, 6) is 0.920. The number of ether oxygens (including phenoxy) is 1. The number of quaternary nitrogens is 1. The van der Waals surface area contributed by atoms with Crippen LogP contribution in [-0.2, 0) is 11.4 Å². The third kappa shape index (κ3) is 3.26. The predicted octanol–water partition coefficient (Wildman–Crippen LogP) is 4.02. The summed E-state index contributed by atoms with van der Waals surface area (Å²) >= 11 is 0. The van der Waals surface area contributed by atoms with Crippen molar-refractivity contribution in [1.29, 1.82) is 0 Å². The van der Waals surface area contributed by atoms with Crippen molar-refractivity contribution in [2.24, 2.45) is 0 Å². The van der Waals surface area contributed by atoms with Gasteiger partial charge in [-0.2, -0.15) is 0 Å².